The molecule has 0 amide bonds. The maximum Gasteiger partial charge on any atom is 0.148 e. The highest BCUT2D eigenvalue weighted by Gasteiger charge is 2.10. The van der Waals surface area contributed by atoms with Gasteiger partial charge in [0.25, 0.3) is 0 Å². The molecule has 3 aromatic carbocycles. The molecule has 0 radical (unpaired) electrons. The number of aryl methyl sites for hydroxylation is 1. The van der Waals surface area contributed by atoms with Crippen LogP contribution >= 0.6 is 47.8 Å². The number of halogens is 3. The first-order valence-corrected chi connectivity index (χ1v) is 10.9. The average molecular weight is 562 g/mol. The van der Waals surface area contributed by atoms with Crippen LogP contribution in [0.3, 0.4) is 0 Å². The van der Waals surface area contributed by atoms with Gasteiger partial charge in [-0.2, -0.15) is 5.26 Å². The van der Waals surface area contributed by atoms with Crippen LogP contribution in [0.5, 0.6) is 5.75 Å². The fraction of sp³-hybridized carbons (Fsp3) is 0.0870. The van der Waals surface area contributed by atoms with Crippen molar-refractivity contribution in [3.05, 3.63) is 96.3 Å². The molecule has 0 aromatic heterocycles. The summed E-state index contributed by atoms with van der Waals surface area (Å²) in [5.74, 6) is 0.730. The molecule has 0 bridgehead atoms. The van der Waals surface area contributed by atoms with E-state index in [-0.39, 0.29) is 0 Å². The van der Waals surface area contributed by atoms with Gasteiger partial charge in [0, 0.05) is 4.47 Å². The van der Waals surface area contributed by atoms with Crippen molar-refractivity contribution >= 4 is 59.4 Å². The van der Waals surface area contributed by atoms with Crippen LogP contribution in [0.15, 0.2) is 74.1 Å². The Bertz CT molecular complexity index is 1030. The van der Waals surface area contributed by atoms with Crippen LogP contribution in [0.4, 0.5) is 0 Å². The molecule has 0 unspecified atom stereocenters. The average Bonchev–Trinajstić information content (AvgIpc) is 2.67. The molecule has 5 heteroatoms. The molecule has 0 aliphatic carbocycles. The Kier molecular flexibility index (Phi) is 7.12. The predicted octanol–water partition coefficient (Wildman–Crippen LogP) is 7.93. The van der Waals surface area contributed by atoms with Gasteiger partial charge in [0.2, 0.25) is 0 Å². The lowest BCUT2D eigenvalue weighted by molar-refractivity contribution is 0.302. The second-order valence-corrected chi connectivity index (χ2v) is 8.89. The summed E-state index contributed by atoms with van der Waals surface area (Å²) < 4.78 is 8.67. The van der Waals surface area contributed by atoms with Gasteiger partial charge in [-0.3, -0.25) is 0 Å². The van der Waals surface area contributed by atoms with Crippen molar-refractivity contribution in [3.63, 3.8) is 0 Å². The van der Waals surface area contributed by atoms with Crippen molar-refractivity contribution in [1.29, 1.82) is 5.26 Å². The summed E-state index contributed by atoms with van der Waals surface area (Å²) >= 11 is 10.6. The van der Waals surface area contributed by atoms with Crippen LogP contribution in [0, 0.1) is 18.3 Å². The standard InChI is InChI=1S/C23H16Br3NO/c1-15-2-6-18(7-3-15)19(13-27)10-17-11-21(25)23(22(26)12-17)28-14-16-4-8-20(24)9-5-16/h2-12H,14H2,1H3/b19-10+. The molecule has 0 aliphatic rings. The molecule has 0 heterocycles. The maximum absolute atomic E-state index is 9.56. The van der Waals surface area contributed by atoms with E-state index in [1.807, 2.05) is 73.7 Å². The van der Waals surface area contributed by atoms with Crippen molar-refractivity contribution in [2.75, 3.05) is 0 Å². The lowest BCUT2D eigenvalue weighted by atomic mass is 10.0. The Labute approximate surface area is 190 Å². The normalized spacial score (nSPS) is 11.2. The van der Waals surface area contributed by atoms with Crippen LogP contribution in [0.2, 0.25) is 0 Å². The Morgan fingerprint density at radius 2 is 1.57 bits per heavy atom. The number of rotatable bonds is 5. The van der Waals surface area contributed by atoms with E-state index < -0.39 is 0 Å². The molecule has 0 atom stereocenters. The molecule has 0 N–H and O–H groups in total. The Hall–Kier alpha value is -1.87. The minimum absolute atomic E-state index is 0.465. The summed E-state index contributed by atoms with van der Waals surface area (Å²) in [4.78, 5) is 0. The molecule has 28 heavy (non-hydrogen) atoms. The zero-order valence-corrected chi connectivity index (χ0v) is 19.8. The van der Waals surface area contributed by atoms with Crippen molar-refractivity contribution < 1.29 is 4.74 Å². The Morgan fingerprint density at radius 1 is 0.964 bits per heavy atom. The summed E-state index contributed by atoms with van der Waals surface area (Å²) in [6, 6.07) is 22.1. The van der Waals surface area contributed by atoms with Gasteiger partial charge in [0.05, 0.1) is 20.6 Å². The smallest absolute Gasteiger partial charge is 0.148 e. The van der Waals surface area contributed by atoms with Gasteiger partial charge in [-0.05, 0) is 85.8 Å². The zero-order valence-electron chi connectivity index (χ0n) is 15.0. The maximum atomic E-state index is 9.56. The van der Waals surface area contributed by atoms with Crippen LogP contribution in [-0.2, 0) is 6.61 Å². The molecular formula is C23H16Br3NO. The lowest BCUT2D eigenvalue weighted by Gasteiger charge is -2.12. The van der Waals surface area contributed by atoms with Crippen molar-refractivity contribution in [3.8, 4) is 11.8 Å². The minimum atomic E-state index is 0.465. The molecular weight excluding hydrogens is 546 g/mol. The molecule has 0 saturated carbocycles. The van der Waals surface area contributed by atoms with E-state index in [0.717, 1.165) is 35.9 Å². The van der Waals surface area contributed by atoms with Gasteiger partial charge >= 0.3 is 0 Å². The summed E-state index contributed by atoms with van der Waals surface area (Å²) in [6.07, 6.45) is 1.87. The third kappa shape index (κ3) is 5.35. The van der Waals surface area contributed by atoms with Gasteiger partial charge in [-0.15, -0.1) is 0 Å². The minimum Gasteiger partial charge on any atom is -0.487 e. The number of nitrogens with zero attached hydrogens (tertiary/aromatic N) is 1. The fourth-order valence-corrected chi connectivity index (χ4v) is 4.33. The van der Waals surface area contributed by atoms with Gasteiger partial charge in [0.1, 0.15) is 12.4 Å². The van der Waals surface area contributed by atoms with Gasteiger partial charge < -0.3 is 4.74 Å². The number of allylic oxidation sites excluding steroid dienone is 1. The number of ether oxygens (including phenoxy) is 1. The summed E-state index contributed by atoms with van der Waals surface area (Å²) in [7, 11) is 0. The number of hydrogen-bond donors (Lipinski definition) is 0. The Balaban J connectivity index is 1.83. The van der Waals surface area contributed by atoms with E-state index in [0.29, 0.717) is 12.2 Å². The monoisotopic (exact) mass is 559 g/mol. The second-order valence-electron chi connectivity index (χ2n) is 6.26. The molecule has 0 saturated heterocycles. The number of benzene rings is 3. The van der Waals surface area contributed by atoms with Crippen LogP contribution in [-0.4, -0.2) is 0 Å². The second kappa shape index (κ2) is 9.56. The molecule has 3 rings (SSSR count). The van der Waals surface area contributed by atoms with Crippen LogP contribution in [0.1, 0.15) is 22.3 Å². The van der Waals surface area contributed by atoms with E-state index in [9.17, 15) is 5.26 Å². The predicted molar refractivity (Wildman–Crippen MR) is 125 cm³/mol. The molecule has 2 nitrogen and oxygen atoms in total. The first-order valence-electron chi connectivity index (χ1n) is 8.51. The van der Waals surface area contributed by atoms with E-state index >= 15 is 0 Å². The SMILES string of the molecule is Cc1ccc(/C(C#N)=C/c2cc(Br)c(OCc3ccc(Br)cc3)c(Br)c2)cc1. The van der Waals surface area contributed by atoms with E-state index in [2.05, 4.69) is 53.9 Å². The van der Waals surface area contributed by atoms with Crippen molar-refractivity contribution in [1.82, 2.24) is 0 Å². The van der Waals surface area contributed by atoms with Crippen LogP contribution in [0.25, 0.3) is 11.6 Å². The van der Waals surface area contributed by atoms with Gasteiger partial charge in [-0.1, -0.05) is 57.9 Å². The quantitative estimate of drug-likeness (QED) is 0.234. The lowest BCUT2D eigenvalue weighted by Crippen LogP contribution is -1.97. The molecule has 0 aliphatic heterocycles. The number of hydrogen-bond acceptors (Lipinski definition) is 2. The molecule has 0 fully saturated rings. The number of nitriles is 1. The third-order valence-corrected chi connectivity index (χ3v) is 5.82. The van der Waals surface area contributed by atoms with Crippen molar-refractivity contribution in [2.24, 2.45) is 0 Å². The van der Waals surface area contributed by atoms with Gasteiger partial charge in [0.15, 0.2) is 0 Å². The summed E-state index contributed by atoms with van der Waals surface area (Å²) in [6.45, 7) is 2.49. The highest BCUT2D eigenvalue weighted by molar-refractivity contribution is 9.11. The summed E-state index contributed by atoms with van der Waals surface area (Å²) in [5.41, 5.74) is 4.67. The summed E-state index contributed by atoms with van der Waals surface area (Å²) in [5, 5.41) is 9.56. The fourth-order valence-electron chi connectivity index (χ4n) is 2.62. The third-order valence-electron chi connectivity index (χ3n) is 4.11. The zero-order chi connectivity index (χ0) is 20.1. The molecule has 0 spiro atoms. The molecule has 140 valence electrons. The highest BCUT2D eigenvalue weighted by atomic mass is 79.9. The van der Waals surface area contributed by atoms with E-state index in [1.165, 1.54) is 5.56 Å². The van der Waals surface area contributed by atoms with E-state index in [1.54, 1.807) is 0 Å². The first kappa shape index (κ1) is 20.9. The van der Waals surface area contributed by atoms with Crippen LogP contribution < -0.4 is 4.74 Å². The topological polar surface area (TPSA) is 33.0 Å². The largest absolute Gasteiger partial charge is 0.487 e. The molecule has 3 aromatic rings. The van der Waals surface area contributed by atoms with Gasteiger partial charge in [-0.25, -0.2) is 0 Å². The Morgan fingerprint density at radius 3 is 2.14 bits per heavy atom. The van der Waals surface area contributed by atoms with Crippen molar-refractivity contribution in [2.45, 2.75) is 13.5 Å². The highest BCUT2D eigenvalue weighted by Crippen LogP contribution is 2.36. The first-order chi connectivity index (χ1) is 13.5. The van der Waals surface area contributed by atoms with E-state index in [4.69, 9.17) is 4.74 Å².